The average Bonchev–Trinajstić information content (AvgIpc) is 3.07. The molecule has 0 unspecified atom stereocenters. The topological polar surface area (TPSA) is 90.6 Å². The van der Waals surface area contributed by atoms with E-state index in [2.05, 4.69) is 9.80 Å². The van der Waals surface area contributed by atoms with E-state index >= 15 is 0 Å². The molecule has 2 aromatic heterocycles. The second-order valence-electron chi connectivity index (χ2n) is 7.46. The molecule has 0 aromatic carbocycles. The summed E-state index contributed by atoms with van der Waals surface area (Å²) in [6.07, 6.45) is 3.30. The van der Waals surface area contributed by atoms with E-state index in [1.54, 1.807) is 31.5 Å². The van der Waals surface area contributed by atoms with Gasteiger partial charge in [-0.25, -0.2) is 4.98 Å². The van der Waals surface area contributed by atoms with Gasteiger partial charge in [0.25, 0.3) is 11.5 Å². The Kier molecular flexibility index (Phi) is 7.21. The highest BCUT2D eigenvalue weighted by Crippen LogP contribution is 2.33. The Hall–Kier alpha value is -2.31. The molecule has 32 heavy (non-hydrogen) atoms. The molecule has 2 aromatic rings. The molecule has 4 heterocycles. The van der Waals surface area contributed by atoms with Gasteiger partial charge in [-0.2, -0.15) is 0 Å². The molecule has 1 N–H and O–H groups in total. The minimum absolute atomic E-state index is 0.117. The molecule has 0 bridgehead atoms. The molecule has 2 aliphatic rings. The van der Waals surface area contributed by atoms with Gasteiger partial charge in [-0.05, 0) is 18.2 Å². The third-order valence-electron chi connectivity index (χ3n) is 5.51. The number of amides is 1. The summed E-state index contributed by atoms with van der Waals surface area (Å²) in [7, 11) is 1.57. The summed E-state index contributed by atoms with van der Waals surface area (Å²) < 4.78 is 7.01. The van der Waals surface area contributed by atoms with E-state index in [1.165, 1.54) is 21.1 Å². The molecule has 2 fully saturated rings. The zero-order valence-electron chi connectivity index (χ0n) is 17.8. The lowest BCUT2D eigenvalue weighted by Gasteiger charge is -2.35. The number of anilines is 1. The quantitative estimate of drug-likeness (QED) is 0.458. The molecule has 0 aliphatic carbocycles. The van der Waals surface area contributed by atoms with Gasteiger partial charge >= 0.3 is 0 Å². The first-order valence-electron chi connectivity index (χ1n) is 10.4. The average molecular weight is 476 g/mol. The Morgan fingerprint density at radius 3 is 2.72 bits per heavy atom. The number of thiocarbonyl (C=S) groups is 1. The zero-order valence-corrected chi connectivity index (χ0v) is 19.4. The van der Waals surface area contributed by atoms with Crippen LogP contribution in [0.2, 0.25) is 0 Å². The van der Waals surface area contributed by atoms with Gasteiger partial charge in [0.2, 0.25) is 0 Å². The molecule has 170 valence electrons. The number of carbonyl (C=O) groups excluding carboxylic acids is 1. The number of hydrogen-bond acceptors (Lipinski definition) is 9. The van der Waals surface area contributed by atoms with Crippen molar-refractivity contribution in [3.05, 3.63) is 45.2 Å². The number of carbonyl (C=O) groups is 1. The second-order valence-corrected chi connectivity index (χ2v) is 9.14. The van der Waals surface area contributed by atoms with Crippen molar-refractivity contribution < 1.29 is 14.6 Å². The smallest absolute Gasteiger partial charge is 0.267 e. The van der Waals surface area contributed by atoms with Crippen molar-refractivity contribution in [1.29, 1.82) is 0 Å². The molecule has 2 saturated heterocycles. The maximum Gasteiger partial charge on any atom is 0.267 e. The van der Waals surface area contributed by atoms with E-state index in [0.29, 0.717) is 59.0 Å². The normalized spacial score (nSPS) is 19.0. The lowest BCUT2D eigenvalue weighted by Crippen LogP contribution is -2.48. The van der Waals surface area contributed by atoms with Crippen molar-refractivity contribution in [3.63, 3.8) is 0 Å². The Balaban J connectivity index is 1.73. The number of pyridine rings is 1. The number of aliphatic hydroxyl groups excluding tert-OH is 1. The molecule has 0 atom stereocenters. The summed E-state index contributed by atoms with van der Waals surface area (Å²) in [6.45, 7) is 4.35. The fourth-order valence-corrected chi connectivity index (χ4v) is 5.08. The number of ether oxygens (including phenoxy) is 1. The molecule has 11 heteroatoms. The van der Waals surface area contributed by atoms with Crippen LogP contribution >= 0.6 is 24.0 Å². The lowest BCUT2D eigenvalue weighted by molar-refractivity contribution is -0.122. The number of fused-ring (bicyclic) bond motifs is 1. The van der Waals surface area contributed by atoms with Gasteiger partial charge < -0.3 is 14.7 Å². The molecule has 0 spiro atoms. The van der Waals surface area contributed by atoms with Crippen molar-refractivity contribution in [2.75, 3.05) is 64.5 Å². The molecular formula is C21H25N5O4S2. The standard InChI is InChI=1S/C21H25N5O4S2/c1-30-13-11-26-20(29)16(32-21(26)31)14-15-18(24-8-6-23(7-9-24)10-12-27)22-17-4-2-3-5-25(17)19(15)28/h2-5,14,27H,6-13H2,1H3. The molecule has 4 rings (SSSR count). The number of aromatic nitrogens is 2. The monoisotopic (exact) mass is 475 g/mol. The van der Waals surface area contributed by atoms with Crippen LogP contribution in [0.3, 0.4) is 0 Å². The van der Waals surface area contributed by atoms with Crippen LogP contribution < -0.4 is 10.5 Å². The van der Waals surface area contributed by atoms with Crippen LogP contribution in [-0.4, -0.2) is 94.1 Å². The summed E-state index contributed by atoms with van der Waals surface area (Å²) >= 11 is 6.55. The van der Waals surface area contributed by atoms with E-state index in [0.717, 1.165) is 13.1 Å². The highest BCUT2D eigenvalue weighted by Gasteiger charge is 2.33. The van der Waals surface area contributed by atoms with E-state index in [-0.39, 0.29) is 18.1 Å². The number of piperazine rings is 1. The zero-order chi connectivity index (χ0) is 22.7. The first kappa shape index (κ1) is 22.9. The van der Waals surface area contributed by atoms with E-state index in [4.69, 9.17) is 21.9 Å². The number of aliphatic hydroxyl groups is 1. The predicted molar refractivity (Wildman–Crippen MR) is 129 cm³/mol. The first-order chi connectivity index (χ1) is 15.5. The van der Waals surface area contributed by atoms with Gasteiger partial charge in [0.15, 0.2) is 0 Å². The fraction of sp³-hybridized carbons (Fsp3) is 0.429. The Bertz CT molecular complexity index is 1110. The third-order valence-corrected chi connectivity index (χ3v) is 6.88. The van der Waals surface area contributed by atoms with Gasteiger partial charge in [0.1, 0.15) is 15.8 Å². The van der Waals surface area contributed by atoms with Crippen molar-refractivity contribution in [2.45, 2.75) is 0 Å². The summed E-state index contributed by atoms with van der Waals surface area (Å²) in [5.74, 6) is 0.334. The van der Waals surface area contributed by atoms with Gasteiger partial charge in [0, 0.05) is 46.0 Å². The largest absolute Gasteiger partial charge is 0.395 e. The van der Waals surface area contributed by atoms with Crippen LogP contribution in [0.15, 0.2) is 34.1 Å². The van der Waals surface area contributed by atoms with Crippen LogP contribution in [0, 0.1) is 0 Å². The molecule has 0 radical (unpaired) electrons. The highest BCUT2D eigenvalue weighted by molar-refractivity contribution is 8.26. The minimum atomic E-state index is -0.231. The molecule has 1 amide bonds. The molecule has 2 aliphatic heterocycles. The molecule has 9 nitrogen and oxygen atoms in total. The van der Waals surface area contributed by atoms with E-state index in [9.17, 15) is 14.7 Å². The Labute approximate surface area is 195 Å². The van der Waals surface area contributed by atoms with Gasteiger partial charge in [0.05, 0.1) is 30.2 Å². The van der Waals surface area contributed by atoms with Crippen LogP contribution in [0.25, 0.3) is 11.7 Å². The molecule has 0 saturated carbocycles. The van der Waals surface area contributed by atoms with Crippen molar-refractivity contribution in [2.24, 2.45) is 0 Å². The van der Waals surface area contributed by atoms with Crippen LogP contribution in [0.1, 0.15) is 5.56 Å². The maximum atomic E-state index is 13.4. The number of hydrogen-bond donors (Lipinski definition) is 1. The highest BCUT2D eigenvalue weighted by atomic mass is 32.2. The van der Waals surface area contributed by atoms with E-state index in [1.807, 2.05) is 6.07 Å². The van der Waals surface area contributed by atoms with Crippen molar-refractivity contribution in [3.8, 4) is 0 Å². The van der Waals surface area contributed by atoms with Gasteiger partial charge in [-0.1, -0.05) is 30.0 Å². The number of rotatable bonds is 7. The van der Waals surface area contributed by atoms with Crippen molar-refractivity contribution in [1.82, 2.24) is 19.2 Å². The summed E-state index contributed by atoms with van der Waals surface area (Å²) in [5, 5.41) is 9.21. The predicted octanol–water partition coefficient (Wildman–Crippen LogP) is 0.656. The van der Waals surface area contributed by atoms with Gasteiger partial charge in [-0.3, -0.25) is 23.8 Å². The minimum Gasteiger partial charge on any atom is -0.395 e. The number of nitrogens with zero attached hydrogens (tertiary/aromatic N) is 5. The lowest BCUT2D eigenvalue weighted by atomic mass is 10.2. The van der Waals surface area contributed by atoms with E-state index < -0.39 is 0 Å². The first-order valence-corrected chi connectivity index (χ1v) is 11.6. The Morgan fingerprint density at radius 2 is 2.00 bits per heavy atom. The van der Waals surface area contributed by atoms with Crippen LogP contribution in [-0.2, 0) is 9.53 Å². The number of β-amino-alcohol motifs (C(OH)–C–C–N with tert-alkyl or cyclic N) is 1. The number of thioether (sulfide) groups is 1. The van der Waals surface area contributed by atoms with Crippen LogP contribution in [0.4, 0.5) is 5.82 Å². The van der Waals surface area contributed by atoms with Crippen molar-refractivity contribution >= 4 is 51.7 Å². The second kappa shape index (κ2) is 10.1. The maximum absolute atomic E-state index is 13.4. The number of methoxy groups -OCH3 is 1. The third kappa shape index (κ3) is 4.57. The SMILES string of the molecule is COCCN1C(=O)C(=Cc2c(N3CCN(CCO)CC3)nc3ccccn3c2=O)SC1=S. The summed E-state index contributed by atoms with van der Waals surface area (Å²) in [4.78, 5) is 37.2. The summed E-state index contributed by atoms with van der Waals surface area (Å²) in [6, 6.07) is 5.41. The summed E-state index contributed by atoms with van der Waals surface area (Å²) in [5.41, 5.74) is 0.692. The Morgan fingerprint density at radius 1 is 1.22 bits per heavy atom. The van der Waals surface area contributed by atoms with Crippen LogP contribution in [0.5, 0.6) is 0 Å². The fourth-order valence-electron chi connectivity index (χ4n) is 3.79. The van der Waals surface area contributed by atoms with Gasteiger partial charge in [-0.15, -0.1) is 0 Å². The molecular weight excluding hydrogens is 450 g/mol.